The molecule has 0 saturated heterocycles. The zero-order chi connectivity index (χ0) is 17.2. The van der Waals surface area contributed by atoms with E-state index in [2.05, 4.69) is 4.98 Å². The molecule has 0 bridgehead atoms. The Labute approximate surface area is 146 Å². The first-order valence-electron chi connectivity index (χ1n) is 8.46. The van der Waals surface area contributed by atoms with E-state index in [1.807, 2.05) is 40.9 Å². The van der Waals surface area contributed by atoms with Gasteiger partial charge in [-0.2, -0.15) is 5.10 Å². The van der Waals surface area contributed by atoms with Crippen molar-refractivity contribution >= 4 is 5.65 Å². The maximum Gasteiger partial charge on any atom is 0.198 e. The fourth-order valence-corrected chi connectivity index (χ4v) is 2.81. The monoisotopic (exact) mass is 339 g/mol. The van der Waals surface area contributed by atoms with E-state index in [0.29, 0.717) is 19.1 Å². The lowest BCUT2D eigenvalue weighted by Crippen LogP contribution is -2.04. The van der Waals surface area contributed by atoms with E-state index >= 15 is 0 Å². The summed E-state index contributed by atoms with van der Waals surface area (Å²) in [7, 11) is 3.32. The highest BCUT2D eigenvalue weighted by Crippen LogP contribution is 2.39. The van der Waals surface area contributed by atoms with E-state index in [-0.39, 0.29) is 0 Å². The summed E-state index contributed by atoms with van der Waals surface area (Å²) in [4.78, 5) is 4.69. The van der Waals surface area contributed by atoms with Crippen LogP contribution >= 0.6 is 0 Å². The van der Waals surface area contributed by atoms with Gasteiger partial charge < -0.3 is 14.2 Å². The summed E-state index contributed by atoms with van der Waals surface area (Å²) < 4.78 is 18.0. The van der Waals surface area contributed by atoms with Crippen molar-refractivity contribution < 1.29 is 14.2 Å². The Hall–Kier alpha value is -2.60. The second kappa shape index (κ2) is 6.72. The molecule has 0 amide bonds. The Morgan fingerprint density at radius 3 is 2.52 bits per heavy atom. The molecule has 2 heterocycles. The second-order valence-corrected chi connectivity index (χ2v) is 6.13. The van der Waals surface area contributed by atoms with E-state index in [9.17, 15) is 0 Å². The molecule has 0 aliphatic heterocycles. The number of fused-ring (bicyclic) bond motifs is 1. The molecule has 4 rings (SSSR count). The average molecular weight is 339 g/mol. The lowest BCUT2D eigenvalue weighted by atomic mass is 10.1. The smallest absolute Gasteiger partial charge is 0.198 e. The lowest BCUT2D eigenvalue weighted by molar-refractivity contribution is 0.146. The van der Waals surface area contributed by atoms with Crippen LogP contribution in [0.1, 0.15) is 24.6 Å². The molecule has 1 aliphatic carbocycles. The van der Waals surface area contributed by atoms with Crippen LogP contribution in [0.25, 0.3) is 16.9 Å². The van der Waals surface area contributed by atoms with Gasteiger partial charge in [0, 0.05) is 18.6 Å². The van der Waals surface area contributed by atoms with Gasteiger partial charge in [-0.15, -0.1) is 0 Å². The van der Waals surface area contributed by atoms with Gasteiger partial charge in [0.2, 0.25) is 0 Å². The number of rotatable bonds is 7. The van der Waals surface area contributed by atoms with E-state index in [0.717, 1.165) is 34.2 Å². The van der Waals surface area contributed by atoms with Gasteiger partial charge >= 0.3 is 0 Å². The molecule has 0 N–H and O–H groups in total. The highest BCUT2D eigenvalue weighted by molar-refractivity contribution is 5.67. The topological polar surface area (TPSA) is 57.9 Å². The summed E-state index contributed by atoms with van der Waals surface area (Å²) in [6.45, 7) is 1.11. The molecule has 130 valence electrons. The molecule has 6 heteroatoms. The van der Waals surface area contributed by atoms with Gasteiger partial charge in [0.1, 0.15) is 12.4 Å². The third-order valence-corrected chi connectivity index (χ3v) is 4.33. The summed E-state index contributed by atoms with van der Waals surface area (Å²) >= 11 is 0. The average Bonchev–Trinajstić information content (AvgIpc) is 3.40. The molecule has 2 aromatic heterocycles. The normalized spacial score (nSPS) is 14.0. The summed E-state index contributed by atoms with van der Waals surface area (Å²) in [6.07, 6.45) is 2.34. The van der Waals surface area contributed by atoms with Crippen LogP contribution in [0.5, 0.6) is 11.5 Å². The number of pyridine rings is 1. The number of hydrogen-bond acceptors (Lipinski definition) is 5. The van der Waals surface area contributed by atoms with Crippen LogP contribution in [0.3, 0.4) is 0 Å². The molecule has 1 saturated carbocycles. The van der Waals surface area contributed by atoms with Gasteiger partial charge in [-0.3, -0.25) is 0 Å². The van der Waals surface area contributed by atoms with Crippen molar-refractivity contribution in [1.29, 1.82) is 0 Å². The minimum Gasteiger partial charge on any atom is -0.493 e. The predicted molar refractivity (Wildman–Crippen MR) is 94.3 cm³/mol. The molecule has 25 heavy (non-hydrogen) atoms. The van der Waals surface area contributed by atoms with Crippen molar-refractivity contribution in [2.24, 2.45) is 0 Å². The molecule has 1 fully saturated rings. The minimum absolute atomic E-state index is 0.494. The Kier molecular flexibility index (Phi) is 4.28. The molecule has 6 nitrogen and oxygen atoms in total. The Balaban J connectivity index is 1.68. The van der Waals surface area contributed by atoms with Crippen molar-refractivity contribution in [3.05, 3.63) is 42.2 Å². The molecule has 0 unspecified atom stereocenters. The zero-order valence-electron chi connectivity index (χ0n) is 14.4. The first kappa shape index (κ1) is 15.9. The summed E-state index contributed by atoms with van der Waals surface area (Å²) in [5, 5.41) is 4.72. The maximum atomic E-state index is 5.63. The summed E-state index contributed by atoms with van der Waals surface area (Å²) in [5.74, 6) is 2.96. The quantitative estimate of drug-likeness (QED) is 0.618. The standard InChI is InChI=1S/C19H21N3O3/c1-23-11-12-25-15-7-5-13(6-8-15)16-9-10-17(24-2)19-20-18(14-3-4-14)21-22(16)19/h5-10,14H,3-4,11-12H2,1-2H3. The van der Waals surface area contributed by atoms with Crippen LogP contribution in [0, 0.1) is 0 Å². The van der Waals surface area contributed by atoms with Crippen molar-refractivity contribution in [3.8, 4) is 22.8 Å². The van der Waals surface area contributed by atoms with Gasteiger partial charge in [0.05, 0.1) is 19.4 Å². The fraction of sp³-hybridized carbons (Fsp3) is 0.368. The van der Waals surface area contributed by atoms with Gasteiger partial charge in [0.25, 0.3) is 0 Å². The zero-order valence-corrected chi connectivity index (χ0v) is 14.4. The maximum absolute atomic E-state index is 5.63. The Bertz CT molecular complexity index is 870. The van der Waals surface area contributed by atoms with E-state index in [1.165, 1.54) is 12.8 Å². The van der Waals surface area contributed by atoms with Crippen molar-refractivity contribution in [1.82, 2.24) is 14.6 Å². The first-order valence-corrected chi connectivity index (χ1v) is 8.46. The Morgan fingerprint density at radius 2 is 1.84 bits per heavy atom. The van der Waals surface area contributed by atoms with Crippen molar-refractivity contribution in [2.45, 2.75) is 18.8 Å². The summed E-state index contributed by atoms with van der Waals surface area (Å²) in [6, 6.07) is 11.9. The van der Waals surface area contributed by atoms with Crippen LogP contribution in [0.2, 0.25) is 0 Å². The van der Waals surface area contributed by atoms with Gasteiger partial charge in [-0.05, 0) is 49.2 Å². The second-order valence-electron chi connectivity index (χ2n) is 6.13. The third kappa shape index (κ3) is 3.17. The molecule has 1 aromatic carbocycles. The molecular weight excluding hydrogens is 318 g/mol. The molecule has 0 atom stereocenters. The molecule has 0 spiro atoms. The molecular formula is C19H21N3O3. The van der Waals surface area contributed by atoms with E-state index in [4.69, 9.17) is 19.3 Å². The largest absolute Gasteiger partial charge is 0.493 e. The van der Waals surface area contributed by atoms with Crippen LogP contribution in [0.15, 0.2) is 36.4 Å². The number of ether oxygens (including phenoxy) is 3. The van der Waals surface area contributed by atoms with E-state index < -0.39 is 0 Å². The lowest BCUT2D eigenvalue weighted by Gasteiger charge is -2.09. The van der Waals surface area contributed by atoms with Crippen molar-refractivity contribution in [3.63, 3.8) is 0 Å². The number of benzene rings is 1. The first-order chi connectivity index (χ1) is 12.3. The van der Waals surface area contributed by atoms with Crippen LogP contribution in [0.4, 0.5) is 0 Å². The SMILES string of the molecule is COCCOc1ccc(-c2ccc(OC)c3nc(C4CC4)nn23)cc1. The van der Waals surface area contributed by atoms with Crippen LogP contribution < -0.4 is 9.47 Å². The predicted octanol–water partition coefficient (Wildman–Crippen LogP) is 3.31. The van der Waals surface area contributed by atoms with Crippen LogP contribution in [-0.2, 0) is 4.74 Å². The Morgan fingerprint density at radius 1 is 1.04 bits per heavy atom. The number of nitrogens with zero attached hydrogens (tertiary/aromatic N) is 3. The highest BCUT2D eigenvalue weighted by Gasteiger charge is 2.29. The molecule has 3 aromatic rings. The number of methoxy groups -OCH3 is 2. The highest BCUT2D eigenvalue weighted by atomic mass is 16.5. The third-order valence-electron chi connectivity index (χ3n) is 4.33. The van der Waals surface area contributed by atoms with Gasteiger partial charge in [-0.25, -0.2) is 9.50 Å². The summed E-state index contributed by atoms with van der Waals surface area (Å²) in [5.41, 5.74) is 2.81. The van der Waals surface area contributed by atoms with E-state index in [1.54, 1.807) is 14.2 Å². The molecule has 0 radical (unpaired) electrons. The minimum atomic E-state index is 0.494. The molecule has 1 aliphatic rings. The van der Waals surface area contributed by atoms with Gasteiger partial charge in [-0.1, -0.05) is 0 Å². The van der Waals surface area contributed by atoms with Crippen LogP contribution in [-0.4, -0.2) is 42.0 Å². The fourth-order valence-electron chi connectivity index (χ4n) is 2.81. The number of aromatic nitrogens is 3. The van der Waals surface area contributed by atoms with Gasteiger partial charge in [0.15, 0.2) is 17.2 Å². The number of hydrogen-bond donors (Lipinski definition) is 0. The van der Waals surface area contributed by atoms with Crippen molar-refractivity contribution in [2.75, 3.05) is 27.4 Å².